The Morgan fingerprint density at radius 2 is 1.37 bits per heavy atom. The Bertz CT molecular complexity index is 889. The second kappa shape index (κ2) is 6.95. The van der Waals surface area contributed by atoms with E-state index in [-0.39, 0.29) is 11.8 Å². The molecule has 4 rings (SSSR count). The highest BCUT2D eigenvalue weighted by molar-refractivity contribution is 6.25. The average molecular weight is 362 g/mol. The van der Waals surface area contributed by atoms with Crippen molar-refractivity contribution in [3.8, 4) is 0 Å². The van der Waals surface area contributed by atoms with Crippen LogP contribution in [-0.2, 0) is 29.0 Å². The molecule has 2 aromatic rings. The third-order valence-electron chi connectivity index (χ3n) is 5.24. The van der Waals surface area contributed by atoms with E-state index in [1.807, 2.05) is 36.4 Å². The summed E-state index contributed by atoms with van der Waals surface area (Å²) >= 11 is 0. The highest BCUT2D eigenvalue weighted by Crippen LogP contribution is 2.32. The topological polar surface area (TPSA) is 65.3 Å². The first-order valence-corrected chi connectivity index (χ1v) is 9.34. The molecule has 1 saturated heterocycles. The van der Waals surface area contributed by atoms with Crippen LogP contribution >= 0.6 is 0 Å². The lowest BCUT2D eigenvalue weighted by molar-refractivity contribution is -0.123. The molecule has 0 aromatic heterocycles. The fraction of sp³-hybridized carbons (Fsp3) is 0.333. The van der Waals surface area contributed by atoms with Gasteiger partial charge < -0.3 is 0 Å². The molecule has 0 unspecified atom stereocenters. The largest absolute Gasteiger partial charge is 0.271 e. The van der Waals surface area contributed by atoms with E-state index in [9.17, 15) is 9.59 Å². The predicted octanol–water partition coefficient (Wildman–Crippen LogP) is 3.30. The van der Waals surface area contributed by atoms with Gasteiger partial charge in [-0.1, -0.05) is 55.5 Å². The predicted molar refractivity (Wildman–Crippen MR) is 102 cm³/mol. The van der Waals surface area contributed by atoms with Gasteiger partial charge in [0, 0.05) is 0 Å². The number of carbonyl (C=O) groups excluding carboxylic acids is 2. The smallest absolute Gasteiger partial charge is 0.263 e. The van der Waals surface area contributed by atoms with E-state index in [0.29, 0.717) is 12.2 Å². The molecule has 0 aliphatic carbocycles. The summed E-state index contributed by atoms with van der Waals surface area (Å²) in [6.07, 6.45) is 1.89. The Morgan fingerprint density at radius 1 is 0.815 bits per heavy atom. The van der Waals surface area contributed by atoms with Crippen molar-refractivity contribution in [1.82, 2.24) is 5.01 Å². The van der Waals surface area contributed by atoms with Crippen molar-refractivity contribution in [2.24, 2.45) is 10.3 Å². The summed E-state index contributed by atoms with van der Waals surface area (Å²) in [6.45, 7) is 4.63. The molecule has 2 aliphatic heterocycles. The van der Waals surface area contributed by atoms with Gasteiger partial charge in [-0.05, 0) is 41.7 Å². The molecule has 6 nitrogen and oxygen atoms in total. The number of imide groups is 1. The molecular formula is C21H22N4O2. The maximum Gasteiger partial charge on any atom is 0.263 e. The van der Waals surface area contributed by atoms with Gasteiger partial charge >= 0.3 is 0 Å². The molecule has 0 N–H and O–H groups in total. The number of amides is 2. The summed E-state index contributed by atoms with van der Waals surface area (Å²) in [4.78, 5) is 27.0. The quantitative estimate of drug-likeness (QED) is 0.767. The van der Waals surface area contributed by atoms with Gasteiger partial charge in [-0.25, -0.2) is 4.90 Å². The molecule has 2 heterocycles. The number of nitrogens with zero attached hydrogens (tertiary/aromatic N) is 4. The molecule has 0 spiro atoms. The van der Waals surface area contributed by atoms with Crippen molar-refractivity contribution < 1.29 is 9.59 Å². The van der Waals surface area contributed by atoms with Crippen LogP contribution in [0.1, 0.15) is 30.5 Å². The van der Waals surface area contributed by atoms with E-state index in [2.05, 4.69) is 36.3 Å². The zero-order valence-electron chi connectivity index (χ0n) is 15.5. The zero-order chi connectivity index (χ0) is 19.0. The van der Waals surface area contributed by atoms with E-state index in [0.717, 1.165) is 24.0 Å². The fourth-order valence-corrected chi connectivity index (χ4v) is 3.56. The first kappa shape index (κ1) is 17.4. The summed E-state index contributed by atoms with van der Waals surface area (Å²) < 4.78 is 0. The zero-order valence-corrected chi connectivity index (χ0v) is 15.5. The van der Waals surface area contributed by atoms with Crippen molar-refractivity contribution in [3.63, 3.8) is 0 Å². The number of aryl methyl sites for hydroxylation is 2. The summed E-state index contributed by atoms with van der Waals surface area (Å²) in [6, 6.07) is 14.3. The summed E-state index contributed by atoms with van der Waals surface area (Å²) in [5.74, 6) is -0.564. The van der Waals surface area contributed by atoms with Crippen LogP contribution in [0.2, 0.25) is 0 Å². The number of fused-ring (bicyclic) bond motifs is 1. The Hall–Kier alpha value is -3.02. The lowest BCUT2D eigenvalue weighted by Gasteiger charge is -2.21. The highest BCUT2D eigenvalue weighted by Gasteiger charge is 2.54. The fourth-order valence-electron chi connectivity index (χ4n) is 3.56. The number of carbonyl (C=O) groups is 2. The molecule has 0 saturated carbocycles. The summed E-state index contributed by atoms with van der Waals surface area (Å²) in [7, 11) is 0. The van der Waals surface area contributed by atoms with Crippen LogP contribution in [0.3, 0.4) is 0 Å². The third-order valence-corrected chi connectivity index (χ3v) is 5.24. The number of hydrogen-bond acceptors (Lipinski definition) is 5. The van der Waals surface area contributed by atoms with Gasteiger partial charge in [0.15, 0.2) is 12.1 Å². The molecule has 2 aliphatic rings. The van der Waals surface area contributed by atoms with Crippen LogP contribution in [0.25, 0.3) is 0 Å². The molecule has 0 bridgehead atoms. The van der Waals surface area contributed by atoms with Crippen molar-refractivity contribution in [3.05, 3.63) is 65.2 Å². The van der Waals surface area contributed by atoms with Crippen LogP contribution in [0.4, 0.5) is 5.69 Å². The van der Waals surface area contributed by atoms with E-state index in [1.165, 1.54) is 10.5 Å². The van der Waals surface area contributed by atoms with Crippen LogP contribution in [0.15, 0.2) is 58.9 Å². The van der Waals surface area contributed by atoms with Gasteiger partial charge in [-0.15, -0.1) is 0 Å². The molecule has 2 atom stereocenters. The van der Waals surface area contributed by atoms with E-state index in [1.54, 1.807) is 5.01 Å². The minimum Gasteiger partial charge on any atom is -0.271 e. The van der Waals surface area contributed by atoms with Crippen molar-refractivity contribution in [1.29, 1.82) is 0 Å². The normalized spacial score (nSPS) is 21.3. The standard InChI is InChI=1S/C21H22N4O2/c1-3-14-5-7-16(8-6-14)13-24-19-18(22-23-24)20(26)25(21(19)27)17-11-9-15(4-2)10-12-17/h5-12,18-19H,3-4,13H2,1-2H3/t18-,19+/m0/s1. The van der Waals surface area contributed by atoms with Gasteiger partial charge in [0.25, 0.3) is 11.8 Å². The van der Waals surface area contributed by atoms with Crippen LogP contribution in [0, 0.1) is 0 Å². The molecule has 138 valence electrons. The van der Waals surface area contributed by atoms with Crippen LogP contribution in [-0.4, -0.2) is 28.9 Å². The monoisotopic (exact) mass is 362 g/mol. The van der Waals surface area contributed by atoms with Gasteiger partial charge in [0.1, 0.15) is 0 Å². The van der Waals surface area contributed by atoms with E-state index < -0.39 is 12.1 Å². The average Bonchev–Trinajstić information content (AvgIpc) is 3.22. The minimum absolute atomic E-state index is 0.260. The SMILES string of the molecule is CCc1ccc(CN2N=N[C@@H]3C(=O)N(c4ccc(CC)cc4)C(=O)[C@@H]32)cc1. The van der Waals surface area contributed by atoms with E-state index >= 15 is 0 Å². The lowest BCUT2D eigenvalue weighted by Crippen LogP contribution is -2.39. The van der Waals surface area contributed by atoms with Crippen molar-refractivity contribution in [2.45, 2.75) is 45.3 Å². The Kier molecular flexibility index (Phi) is 4.48. The second-order valence-electron chi connectivity index (χ2n) is 6.89. The van der Waals surface area contributed by atoms with Gasteiger partial charge in [-0.2, -0.15) is 5.11 Å². The third kappa shape index (κ3) is 3.01. The molecular weight excluding hydrogens is 340 g/mol. The van der Waals surface area contributed by atoms with Crippen LogP contribution in [0.5, 0.6) is 0 Å². The van der Waals surface area contributed by atoms with Crippen molar-refractivity contribution in [2.75, 3.05) is 4.90 Å². The number of rotatable bonds is 5. The Balaban J connectivity index is 1.55. The van der Waals surface area contributed by atoms with Crippen LogP contribution < -0.4 is 4.90 Å². The molecule has 2 aromatic carbocycles. The van der Waals surface area contributed by atoms with Gasteiger partial charge in [-0.3, -0.25) is 14.6 Å². The number of hydrogen-bond donors (Lipinski definition) is 0. The molecule has 0 radical (unpaired) electrons. The lowest BCUT2D eigenvalue weighted by atomic mass is 10.1. The summed E-state index contributed by atoms with van der Waals surface area (Å²) in [5.41, 5.74) is 4.06. The van der Waals surface area contributed by atoms with Gasteiger partial charge in [0.05, 0.1) is 12.2 Å². The summed E-state index contributed by atoms with van der Waals surface area (Å²) in [5, 5.41) is 9.82. The minimum atomic E-state index is -0.752. The Morgan fingerprint density at radius 3 is 1.96 bits per heavy atom. The first-order valence-electron chi connectivity index (χ1n) is 9.34. The van der Waals surface area contributed by atoms with Crippen molar-refractivity contribution >= 4 is 17.5 Å². The maximum atomic E-state index is 13.0. The highest BCUT2D eigenvalue weighted by atomic mass is 16.2. The molecule has 6 heteroatoms. The number of benzene rings is 2. The molecule has 27 heavy (non-hydrogen) atoms. The number of anilines is 1. The maximum absolute atomic E-state index is 13.0. The van der Waals surface area contributed by atoms with E-state index in [4.69, 9.17) is 0 Å². The van der Waals surface area contributed by atoms with Gasteiger partial charge in [0.2, 0.25) is 0 Å². The Labute approximate surface area is 158 Å². The second-order valence-corrected chi connectivity index (χ2v) is 6.89. The molecule has 2 amide bonds. The first-order chi connectivity index (χ1) is 13.1. The molecule has 1 fully saturated rings.